The standard InChI is InChI=1S/C16H22N4O7/c17-10(7-21)15(26)20-12(6-13(23)24)16(27)19-11(14(18)25)5-8-1-3-9(22)4-2-8/h1-4,10-12,21-22H,5-7,17H2,(H2,18,25)(H,19,27)(H,20,26)(H,23,24)/t10-,11-,12-/m0/s1. The predicted molar refractivity (Wildman–Crippen MR) is 92.2 cm³/mol. The third-order valence-electron chi connectivity index (χ3n) is 3.58. The van der Waals surface area contributed by atoms with Gasteiger partial charge in [0.05, 0.1) is 13.0 Å². The Bertz CT molecular complexity index is 693. The van der Waals surface area contributed by atoms with Crippen molar-refractivity contribution in [2.24, 2.45) is 11.5 Å². The van der Waals surface area contributed by atoms with Gasteiger partial charge in [-0.1, -0.05) is 12.1 Å². The summed E-state index contributed by atoms with van der Waals surface area (Å²) in [4.78, 5) is 46.7. The number of aromatic hydroxyl groups is 1. The van der Waals surface area contributed by atoms with Gasteiger partial charge in [0.1, 0.15) is 23.9 Å². The van der Waals surface area contributed by atoms with Gasteiger partial charge in [0.25, 0.3) is 0 Å². The molecular weight excluding hydrogens is 360 g/mol. The molecule has 0 aliphatic carbocycles. The van der Waals surface area contributed by atoms with Crippen molar-refractivity contribution in [3.8, 4) is 5.75 Å². The average Bonchev–Trinajstić information content (AvgIpc) is 2.60. The molecule has 0 aliphatic heterocycles. The van der Waals surface area contributed by atoms with Crippen LogP contribution in [0.15, 0.2) is 24.3 Å². The quantitative estimate of drug-likeness (QED) is 0.224. The minimum atomic E-state index is -1.52. The van der Waals surface area contributed by atoms with E-state index in [0.717, 1.165) is 0 Å². The zero-order chi connectivity index (χ0) is 20.6. The minimum absolute atomic E-state index is 0.00869. The van der Waals surface area contributed by atoms with E-state index in [1.165, 1.54) is 24.3 Å². The van der Waals surface area contributed by atoms with Crippen LogP contribution in [-0.2, 0) is 25.6 Å². The Morgan fingerprint density at radius 2 is 1.56 bits per heavy atom. The maximum absolute atomic E-state index is 12.3. The van der Waals surface area contributed by atoms with Gasteiger partial charge in [-0.3, -0.25) is 19.2 Å². The molecule has 3 amide bonds. The van der Waals surface area contributed by atoms with Crippen molar-refractivity contribution in [3.63, 3.8) is 0 Å². The summed E-state index contributed by atoms with van der Waals surface area (Å²) in [5, 5.41) is 31.4. The van der Waals surface area contributed by atoms with Gasteiger partial charge in [0.2, 0.25) is 17.7 Å². The van der Waals surface area contributed by atoms with Crippen molar-refractivity contribution in [3.05, 3.63) is 29.8 Å². The molecule has 0 aromatic heterocycles. The van der Waals surface area contributed by atoms with Crippen molar-refractivity contribution < 1.29 is 34.5 Å². The summed E-state index contributed by atoms with van der Waals surface area (Å²) in [6.07, 6.45) is -0.772. The Balaban J connectivity index is 2.87. The lowest BCUT2D eigenvalue weighted by Crippen LogP contribution is -2.56. The van der Waals surface area contributed by atoms with Crippen molar-refractivity contribution in [2.45, 2.75) is 31.0 Å². The van der Waals surface area contributed by atoms with E-state index in [1.54, 1.807) is 0 Å². The molecule has 0 unspecified atom stereocenters. The van der Waals surface area contributed by atoms with Crippen molar-refractivity contribution in [1.29, 1.82) is 0 Å². The number of aliphatic hydroxyl groups is 1. The summed E-state index contributed by atoms with van der Waals surface area (Å²) in [6, 6.07) is 1.79. The number of benzene rings is 1. The molecule has 1 rings (SSSR count). The smallest absolute Gasteiger partial charge is 0.305 e. The molecular formula is C16H22N4O7. The number of aliphatic carboxylic acids is 1. The SMILES string of the molecule is NC(=O)[C@H](Cc1ccc(O)cc1)NC(=O)[C@H](CC(=O)O)NC(=O)[C@@H](N)CO. The lowest BCUT2D eigenvalue weighted by atomic mass is 10.0. The van der Waals surface area contributed by atoms with E-state index >= 15 is 0 Å². The van der Waals surface area contributed by atoms with E-state index in [2.05, 4.69) is 10.6 Å². The fourth-order valence-corrected chi connectivity index (χ4v) is 2.11. The van der Waals surface area contributed by atoms with E-state index in [0.29, 0.717) is 5.56 Å². The van der Waals surface area contributed by atoms with Crippen LogP contribution < -0.4 is 22.1 Å². The molecule has 1 aromatic carbocycles. The molecule has 27 heavy (non-hydrogen) atoms. The van der Waals surface area contributed by atoms with Gasteiger partial charge in [-0.15, -0.1) is 0 Å². The van der Waals surface area contributed by atoms with Crippen LogP contribution in [0.4, 0.5) is 0 Å². The number of carbonyl (C=O) groups is 4. The third kappa shape index (κ3) is 7.30. The Morgan fingerprint density at radius 1 is 1.00 bits per heavy atom. The Hall–Kier alpha value is -3.18. The number of carbonyl (C=O) groups excluding carboxylic acids is 3. The number of phenols is 1. The molecule has 11 nitrogen and oxygen atoms in total. The second kappa shape index (κ2) is 10.1. The van der Waals surface area contributed by atoms with Crippen LogP contribution in [0, 0.1) is 0 Å². The number of phenolic OH excluding ortho intramolecular Hbond substituents is 1. The number of nitrogens with two attached hydrogens (primary N) is 2. The first-order valence-electron chi connectivity index (χ1n) is 7.90. The highest BCUT2D eigenvalue weighted by atomic mass is 16.4. The Kier molecular flexibility index (Phi) is 8.17. The van der Waals surface area contributed by atoms with Gasteiger partial charge in [0, 0.05) is 6.42 Å². The summed E-state index contributed by atoms with van der Waals surface area (Å²) in [5.41, 5.74) is 11.2. The molecule has 0 heterocycles. The monoisotopic (exact) mass is 382 g/mol. The fourth-order valence-electron chi connectivity index (χ4n) is 2.11. The summed E-state index contributed by atoms with van der Waals surface area (Å²) >= 11 is 0. The topological polar surface area (TPSA) is 205 Å². The molecule has 0 saturated carbocycles. The summed E-state index contributed by atoms with van der Waals surface area (Å²) in [7, 11) is 0. The van der Waals surface area contributed by atoms with Crippen molar-refractivity contribution in [2.75, 3.05) is 6.61 Å². The zero-order valence-electron chi connectivity index (χ0n) is 14.3. The highest BCUT2D eigenvalue weighted by Crippen LogP contribution is 2.11. The first-order valence-corrected chi connectivity index (χ1v) is 7.90. The number of amides is 3. The molecule has 9 N–H and O–H groups in total. The predicted octanol–water partition coefficient (Wildman–Crippen LogP) is -2.82. The van der Waals surface area contributed by atoms with E-state index in [4.69, 9.17) is 21.7 Å². The second-order valence-electron chi connectivity index (χ2n) is 5.78. The van der Waals surface area contributed by atoms with Crippen molar-refractivity contribution >= 4 is 23.7 Å². The molecule has 0 saturated heterocycles. The van der Waals surface area contributed by atoms with Crippen LogP contribution >= 0.6 is 0 Å². The maximum atomic E-state index is 12.3. The number of carboxylic acid groups (broad SMARTS) is 1. The zero-order valence-corrected chi connectivity index (χ0v) is 14.3. The first kappa shape index (κ1) is 21.9. The number of primary amides is 1. The molecule has 0 bridgehead atoms. The maximum Gasteiger partial charge on any atom is 0.305 e. The number of rotatable bonds is 10. The average molecular weight is 382 g/mol. The van der Waals surface area contributed by atoms with E-state index in [1.807, 2.05) is 0 Å². The number of hydrogen-bond donors (Lipinski definition) is 7. The molecule has 0 aliphatic rings. The number of hydrogen-bond acceptors (Lipinski definition) is 7. The normalized spacial score (nSPS) is 13.9. The third-order valence-corrected chi connectivity index (χ3v) is 3.58. The van der Waals surface area contributed by atoms with Crippen molar-refractivity contribution in [1.82, 2.24) is 10.6 Å². The summed E-state index contributed by atoms with van der Waals surface area (Å²) in [6.45, 7) is -0.696. The number of carboxylic acids is 1. The summed E-state index contributed by atoms with van der Waals surface area (Å²) in [5.74, 6) is -4.10. The van der Waals surface area contributed by atoms with Crippen LogP contribution in [-0.4, -0.2) is 63.7 Å². The second-order valence-corrected chi connectivity index (χ2v) is 5.78. The lowest BCUT2D eigenvalue weighted by molar-refractivity contribution is -0.141. The van der Waals surface area contributed by atoms with Gasteiger partial charge in [-0.2, -0.15) is 0 Å². The molecule has 11 heteroatoms. The first-order chi connectivity index (χ1) is 12.6. The van der Waals surface area contributed by atoms with Gasteiger partial charge >= 0.3 is 5.97 Å². The Labute approximate surface area is 154 Å². The fraction of sp³-hybridized carbons (Fsp3) is 0.375. The van der Waals surface area contributed by atoms with Gasteiger partial charge in [0.15, 0.2) is 0 Å². The van der Waals surface area contributed by atoms with E-state index in [9.17, 15) is 24.3 Å². The molecule has 0 radical (unpaired) electrons. The molecule has 148 valence electrons. The summed E-state index contributed by atoms with van der Waals surface area (Å²) < 4.78 is 0. The van der Waals surface area contributed by atoms with Gasteiger partial charge < -0.3 is 37.4 Å². The largest absolute Gasteiger partial charge is 0.508 e. The Morgan fingerprint density at radius 3 is 2.04 bits per heavy atom. The van der Waals surface area contributed by atoms with Gasteiger partial charge in [-0.05, 0) is 17.7 Å². The van der Waals surface area contributed by atoms with Crippen LogP contribution in [0.5, 0.6) is 5.75 Å². The van der Waals surface area contributed by atoms with E-state index in [-0.39, 0.29) is 12.2 Å². The van der Waals surface area contributed by atoms with Crippen LogP contribution in [0.2, 0.25) is 0 Å². The van der Waals surface area contributed by atoms with Crippen LogP contribution in [0.1, 0.15) is 12.0 Å². The number of nitrogens with one attached hydrogen (secondary N) is 2. The lowest BCUT2D eigenvalue weighted by Gasteiger charge is -2.22. The molecule has 0 fully saturated rings. The van der Waals surface area contributed by atoms with Crippen LogP contribution in [0.3, 0.4) is 0 Å². The highest BCUT2D eigenvalue weighted by Gasteiger charge is 2.29. The highest BCUT2D eigenvalue weighted by molar-refractivity contribution is 5.94. The minimum Gasteiger partial charge on any atom is -0.508 e. The van der Waals surface area contributed by atoms with Crippen LogP contribution in [0.25, 0.3) is 0 Å². The van der Waals surface area contributed by atoms with Gasteiger partial charge in [-0.25, -0.2) is 0 Å². The van der Waals surface area contributed by atoms with E-state index < -0.39 is 54.8 Å². The number of aliphatic hydroxyl groups excluding tert-OH is 1. The molecule has 0 spiro atoms. The molecule has 3 atom stereocenters. The molecule has 1 aromatic rings.